The highest BCUT2D eigenvalue weighted by Gasteiger charge is 2.07. The second-order valence-corrected chi connectivity index (χ2v) is 3.87. The number of hydrogen-bond donors (Lipinski definition) is 0. The quantitative estimate of drug-likeness (QED) is 0.797. The molecule has 0 N–H and O–H groups in total. The minimum absolute atomic E-state index is 0.320. The lowest BCUT2D eigenvalue weighted by Crippen LogP contribution is -2.01. The zero-order valence-corrected chi connectivity index (χ0v) is 10.3. The Labute approximate surface area is 109 Å². The number of methoxy groups -OCH3 is 1. The Morgan fingerprint density at radius 2 is 1.94 bits per heavy atom. The van der Waals surface area contributed by atoms with Gasteiger partial charge >= 0.3 is 5.97 Å². The highest BCUT2D eigenvalue weighted by Crippen LogP contribution is 2.22. The summed E-state index contributed by atoms with van der Waals surface area (Å²) in [6.45, 7) is 0. The summed E-state index contributed by atoms with van der Waals surface area (Å²) >= 11 is 5.77. The third-order valence-electron chi connectivity index (χ3n) is 2.19. The van der Waals surface area contributed by atoms with Crippen molar-refractivity contribution in [3.05, 3.63) is 53.2 Å². The van der Waals surface area contributed by atoms with Gasteiger partial charge in [-0.15, -0.1) is 0 Å². The average Bonchev–Trinajstić information content (AvgIpc) is 2.41. The van der Waals surface area contributed by atoms with Gasteiger partial charge in [0.05, 0.1) is 12.7 Å². The number of aromatic nitrogens is 1. The number of esters is 1. The first kappa shape index (κ1) is 12.4. The minimum Gasteiger partial charge on any atom is -0.465 e. The molecule has 1 heterocycles. The van der Waals surface area contributed by atoms with Gasteiger partial charge in [0, 0.05) is 17.3 Å². The smallest absolute Gasteiger partial charge is 0.338 e. The summed E-state index contributed by atoms with van der Waals surface area (Å²) in [6.07, 6.45) is 1.48. The lowest BCUT2D eigenvalue weighted by molar-refractivity contribution is 0.0600. The van der Waals surface area contributed by atoms with Crippen LogP contribution in [0.15, 0.2) is 42.6 Å². The topological polar surface area (TPSA) is 48.4 Å². The summed E-state index contributed by atoms with van der Waals surface area (Å²) in [5.41, 5.74) is 0.386. The summed E-state index contributed by atoms with van der Waals surface area (Å²) in [7, 11) is 1.32. The Morgan fingerprint density at radius 3 is 2.61 bits per heavy atom. The summed E-state index contributed by atoms with van der Waals surface area (Å²) in [5.74, 6) is 0.479. The normalized spacial score (nSPS) is 9.89. The number of hydrogen-bond acceptors (Lipinski definition) is 4. The zero-order chi connectivity index (χ0) is 13.0. The van der Waals surface area contributed by atoms with Crippen LogP contribution in [0.25, 0.3) is 0 Å². The predicted octanol–water partition coefficient (Wildman–Crippen LogP) is 3.31. The molecule has 0 fully saturated rings. The van der Waals surface area contributed by atoms with Crippen LogP contribution in [0.4, 0.5) is 0 Å². The summed E-state index contributed by atoms with van der Waals surface area (Å²) in [5, 5.41) is 0.624. The number of carbonyl (C=O) groups excluding carboxylic acids is 1. The van der Waals surface area contributed by atoms with Crippen molar-refractivity contribution in [3.63, 3.8) is 0 Å². The van der Waals surface area contributed by atoms with Gasteiger partial charge < -0.3 is 9.47 Å². The zero-order valence-electron chi connectivity index (χ0n) is 9.59. The molecule has 0 aliphatic heterocycles. The molecule has 1 aromatic heterocycles. The molecule has 0 bridgehead atoms. The molecule has 0 atom stereocenters. The fraction of sp³-hybridized carbons (Fsp3) is 0.0769. The lowest BCUT2D eigenvalue weighted by atomic mass is 10.3. The molecule has 18 heavy (non-hydrogen) atoms. The van der Waals surface area contributed by atoms with E-state index in [2.05, 4.69) is 9.72 Å². The van der Waals surface area contributed by atoms with Crippen LogP contribution in [0.1, 0.15) is 10.4 Å². The Kier molecular flexibility index (Phi) is 3.79. The molecule has 0 amide bonds. The van der Waals surface area contributed by atoms with Gasteiger partial charge in [-0.2, -0.15) is 0 Å². The Hall–Kier alpha value is -2.07. The van der Waals surface area contributed by atoms with E-state index < -0.39 is 5.97 Å². The molecule has 0 aliphatic carbocycles. The van der Waals surface area contributed by atoms with Crippen molar-refractivity contribution in [2.24, 2.45) is 0 Å². The van der Waals surface area contributed by atoms with E-state index in [-0.39, 0.29) is 0 Å². The highest BCUT2D eigenvalue weighted by atomic mass is 35.5. The van der Waals surface area contributed by atoms with E-state index in [1.54, 1.807) is 30.3 Å². The lowest BCUT2D eigenvalue weighted by Gasteiger charge is -2.05. The molecule has 0 saturated carbocycles. The van der Waals surface area contributed by atoms with Crippen LogP contribution in [0.5, 0.6) is 11.6 Å². The van der Waals surface area contributed by atoms with Gasteiger partial charge in [-0.25, -0.2) is 9.78 Å². The van der Waals surface area contributed by atoms with Crippen LogP contribution in [0.2, 0.25) is 5.02 Å². The second-order valence-electron chi connectivity index (χ2n) is 3.43. The number of ether oxygens (including phenoxy) is 2. The van der Waals surface area contributed by atoms with Crippen molar-refractivity contribution < 1.29 is 14.3 Å². The molecule has 92 valence electrons. The van der Waals surface area contributed by atoms with Gasteiger partial charge in [-0.05, 0) is 30.3 Å². The maximum absolute atomic E-state index is 11.3. The van der Waals surface area contributed by atoms with E-state index in [0.29, 0.717) is 22.2 Å². The van der Waals surface area contributed by atoms with Crippen LogP contribution < -0.4 is 4.74 Å². The molecular weight excluding hydrogens is 254 g/mol. The standard InChI is InChI=1S/C13H10ClNO3/c1-17-13(16)9-6-7-15-12(8-9)18-11-4-2-10(14)3-5-11/h2-8H,1H3. The molecule has 0 saturated heterocycles. The number of benzene rings is 1. The van der Waals surface area contributed by atoms with Crippen molar-refractivity contribution in [1.29, 1.82) is 0 Å². The Bertz CT molecular complexity index is 554. The molecule has 2 aromatic rings. The summed E-state index contributed by atoms with van der Waals surface area (Å²) < 4.78 is 10.1. The first-order valence-electron chi connectivity index (χ1n) is 5.17. The molecule has 1 aromatic carbocycles. The maximum atomic E-state index is 11.3. The van der Waals surface area contributed by atoms with Gasteiger partial charge in [0.15, 0.2) is 0 Å². The monoisotopic (exact) mass is 263 g/mol. The van der Waals surface area contributed by atoms with Gasteiger partial charge in [-0.3, -0.25) is 0 Å². The fourth-order valence-electron chi connectivity index (χ4n) is 1.33. The summed E-state index contributed by atoms with van der Waals surface area (Å²) in [6, 6.07) is 9.92. The van der Waals surface area contributed by atoms with Crippen molar-refractivity contribution in [2.75, 3.05) is 7.11 Å². The van der Waals surface area contributed by atoms with Gasteiger partial charge in [0.1, 0.15) is 5.75 Å². The molecule has 0 spiro atoms. The molecular formula is C13H10ClNO3. The van der Waals surface area contributed by atoms with Crippen LogP contribution in [0.3, 0.4) is 0 Å². The Morgan fingerprint density at radius 1 is 1.22 bits per heavy atom. The number of nitrogens with zero attached hydrogens (tertiary/aromatic N) is 1. The molecule has 5 heteroatoms. The van der Waals surface area contributed by atoms with Crippen LogP contribution in [-0.4, -0.2) is 18.1 Å². The van der Waals surface area contributed by atoms with E-state index in [1.807, 2.05) is 0 Å². The highest BCUT2D eigenvalue weighted by molar-refractivity contribution is 6.30. The molecule has 0 aliphatic rings. The maximum Gasteiger partial charge on any atom is 0.338 e. The van der Waals surface area contributed by atoms with Gasteiger partial charge in [0.2, 0.25) is 5.88 Å². The van der Waals surface area contributed by atoms with Crippen LogP contribution >= 0.6 is 11.6 Å². The first-order valence-corrected chi connectivity index (χ1v) is 5.54. The van der Waals surface area contributed by atoms with Gasteiger partial charge in [0.25, 0.3) is 0 Å². The third-order valence-corrected chi connectivity index (χ3v) is 2.44. The van der Waals surface area contributed by atoms with E-state index in [0.717, 1.165) is 0 Å². The van der Waals surface area contributed by atoms with Crippen LogP contribution in [0, 0.1) is 0 Å². The molecule has 0 radical (unpaired) electrons. The number of carbonyl (C=O) groups is 1. The van der Waals surface area contributed by atoms with E-state index >= 15 is 0 Å². The SMILES string of the molecule is COC(=O)c1ccnc(Oc2ccc(Cl)cc2)c1. The molecule has 2 rings (SSSR count). The molecule has 4 nitrogen and oxygen atoms in total. The third kappa shape index (κ3) is 2.99. The fourth-order valence-corrected chi connectivity index (χ4v) is 1.46. The van der Waals surface area contributed by atoms with Gasteiger partial charge in [-0.1, -0.05) is 11.6 Å². The van der Waals surface area contributed by atoms with Crippen molar-refractivity contribution in [2.45, 2.75) is 0 Å². The number of rotatable bonds is 3. The second kappa shape index (κ2) is 5.51. The minimum atomic E-state index is -0.432. The largest absolute Gasteiger partial charge is 0.465 e. The number of pyridine rings is 1. The van der Waals surface area contributed by atoms with Crippen molar-refractivity contribution >= 4 is 17.6 Å². The number of halogens is 1. The average molecular weight is 264 g/mol. The van der Waals surface area contributed by atoms with Crippen LogP contribution in [-0.2, 0) is 4.74 Å². The van der Waals surface area contributed by atoms with E-state index in [4.69, 9.17) is 16.3 Å². The van der Waals surface area contributed by atoms with Crippen molar-refractivity contribution in [1.82, 2.24) is 4.98 Å². The predicted molar refractivity (Wildman–Crippen MR) is 67.1 cm³/mol. The summed E-state index contributed by atoms with van der Waals surface area (Å²) in [4.78, 5) is 15.4. The molecule has 0 unspecified atom stereocenters. The van der Waals surface area contributed by atoms with E-state index in [1.165, 1.54) is 19.4 Å². The van der Waals surface area contributed by atoms with Crippen molar-refractivity contribution in [3.8, 4) is 11.6 Å². The first-order chi connectivity index (χ1) is 8.69. The Balaban J connectivity index is 2.19. The van der Waals surface area contributed by atoms with E-state index in [9.17, 15) is 4.79 Å².